The van der Waals surface area contributed by atoms with Gasteiger partial charge in [-0.05, 0) is 37.1 Å². The van der Waals surface area contributed by atoms with E-state index in [2.05, 4.69) is 24.3 Å². The van der Waals surface area contributed by atoms with Gasteiger partial charge in [-0.15, -0.1) is 0 Å². The minimum atomic E-state index is -0.180. The number of benzene rings is 2. The fourth-order valence-electron chi connectivity index (χ4n) is 2.88. The summed E-state index contributed by atoms with van der Waals surface area (Å²) >= 11 is 0. The summed E-state index contributed by atoms with van der Waals surface area (Å²) < 4.78 is 7.05. The molecule has 26 heavy (non-hydrogen) atoms. The van der Waals surface area contributed by atoms with Gasteiger partial charge in [0.2, 0.25) is 0 Å². The van der Waals surface area contributed by atoms with Crippen LogP contribution in [-0.2, 0) is 0 Å². The van der Waals surface area contributed by atoms with Gasteiger partial charge in [0, 0.05) is 11.8 Å². The Morgan fingerprint density at radius 2 is 1.88 bits per heavy atom. The molecule has 1 aromatic heterocycles. The second-order valence-electron chi connectivity index (χ2n) is 6.53. The molecule has 0 bridgehead atoms. The number of ether oxygens (including phenoxy) is 1. The number of amides is 1. The first kappa shape index (κ1) is 17.7. The van der Waals surface area contributed by atoms with Gasteiger partial charge < -0.3 is 10.1 Å². The summed E-state index contributed by atoms with van der Waals surface area (Å²) in [4.78, 5) is 12.8. The van der Waals surface area contributed by atoms with Gasteiger partial charge in [0.25, 0.3) is 5.91 Å². The highest BCUT2D eigenvalue weighted by molar-refractivity contribution is 6.05. The van der Waals surface area contributed by atoms with E-state index in [1.54, 1.807) is 19.4 Å². The molecule has 0 atom stereocenters. The summed E-state index contributed by atoms with van der Waals surface area (Å²) in [6.45, 7) is 6.16. The Morgan fingerprint density at radius 1 is 1.15 bits per heavy atom. The summed E-state index contributed by atoms with van der Waals surface area (Å²) in [5.74, 6) is 0.660. The Balaban J connectivity index is 1.94. The van der Waals surface area contributed by atoms with Crippen LogP contribution in [0.4, 0.5) is 5.69 Å². The largest absolute Gasteiger partial charge is 0.497 e. The summed E-state index contributed by atoms with van der Waals surface area (Å²) in [7, 11) is 1.60. The van der Waals surface area contributed by atoms with Crippen molar-refractivity contribution in [1.29, 1.82) is 0 Å². The molecule has 1 N–H and O–H groups in total. The van der Waals surface area contributed by atoms with Crippen LogP contribution in [0.3, 0.4) is 0 Å². The van der Waals surface area contributed by atoms with Gasteiger partial charge in [-0.3, -0.25) is 4.79 Å². The molecule has 0 spiro atoms. The lowest BCUT2D eigenvalue weighted by molar-refractivity contribution is 0.102. The van der Waals surface area contributed by atoms with Gasteiger partial charge in [-0.2, -0.15) is 5.10 Å². The monoisotopic (exact) mass is 349 g/mol. The van der Waals surface area contributed by atoms with Crippen molar-refractivity contribution in [2.75, 3.05) is 12.4 Å². The first-order valence-corrected chi connectivity index (χ1v) is 8.60. The Bertz CT molecular complexity index is 911. The Labute approximate surface area is 153 Å². The summed E-state index contributed by atoms with van der Waals surface area (Å²) in [5.41, 5.74) is 4.27. The predicted octanol–water partition coefficient (Wildman–Crippen LogP) is 4.57. The lowest BCUT2D eigenvalue weighted by Crippen LogP contribution is -2.15. The number of methoxy groups -OCH3 is 1. The van der Waals surface area contributed by atoms with Crippen LogP contribution in [0.15, 0.2) is 54.7 Å². The number of carbonyl (C=O) groups is 1. The molecule has 0 fully saturated rings. The quantitative estimate of drug-likeness (QED) is 0.734. The minimum Gasteiger partial charge on any atom is -0.497 e. The van der Waals surface area contributed by atoms with E-state index < -0.39 is 0 Å². The average Bonchev–Trinajstić information content (AvgIpc) is 3.08. The highest BCUT2D eigenvalue weighted by Crippen LogP contribution is 2.25. The highest BCUT2D eigenvalue weighted by Gasteiger charge is 2.21. The molecule has 3 rings (SSSR count). The average molecular weight is 349 g/mol. The Hall–Kier alpha value is -3.08. The van der Waals surface area contributed by atoms with Crippen molar-refractivity contribution in [1.82, 2.24) is 9.78 Å². The number of hydrogen-bond acceptors (Lipinski definition) is 3. The van der Waals surface area contributed by atoms with Crippen LogP contribution in [0.2, 0.25) is 0 Å². The van der Waals surface area contributed by atoms with Crippen molar-refractivity contribution in [3.05, 3.63) is 71.5 Å². The molecule has 0 aliphatic carbocycles. The number of nitrogens with one attached hydrogen (secondary N) is 1. The maximum absolute atomic E-state index is 12.8. The molecule has 0 saturated heterocycles. The van der Waals surface area contributed by atoms with E-state index in [9.17, 15) is 4.79 Å². The Morgan fingerprint density at radius 3 is 2.54 bits per heavy atom. The van der Waals surface area contributed by atoms with Crippen molar-refractivity contribution >= 4 is 11.6 Å². The molecule has 2 aromatic carbocycles. The maximum atomic E-state index is 12.8. The van der Waals surface area contributed by atoms with Crippen LogP contribution in [0.1, 0.15) is 41.4 Å². The molecule has 1 heterocycles. The van der Waals surface area contributed by atoms with Crippen LogP contribution in [0.5, 0.6) is 5.75 Å². The molecule has 0 aliphatic rings. The van der Waals surface area contributed by atoms with Crippen LogP contribution in [-0.4, -0.2) is 22.8 Å². The van der Waals surface area contributed by atoms with E-state index in [-0.39, 0.29) is 11.8 Å². The third kappa shape index (κ3) is 3.61. The zero-order valence-electron chi connectivity index (χ0n) is 15.5. The van der Waals surface area contributed by atoms with E-state index in [0.717, 1.165) is 11.4 Å². The molecule has 0 aliphatic heterocycles. The SMILES string of the molecule is COc1cccc(NC(=O)c2cnn(-c3ccc(C)cc3)c2C(C)C)c1. The highest BCUT2D eigenvalue weighted by atomic mass is 16.5. The summed E-state index contributed by atoms with van der Waals surface area (Å²) in [5, 5.41) is 7.39. The van der Waals surface area contributed by atoms with Gasteiger partial charge >= 0.3 is 0 Å². The van der Waals surface area contributed by atoms with E-state index in [0.29, 0.717) is 17.0 Å². The topological polar surface area (TPSA) is 56.1 Å². The second-order valence-corrected chi connectivity index (χ2v) is 6.53. The molecular weight excluding hydrogens is 326 g/mol. The maximum Gasteiger partial charge on any atom is 0.259 e. The number of aromatic nitrogens is 2. The van der Waals surface area contributed by atoms with Crippen molar-refractivity contribution < 1.29 is 9.53 Å². The van der Waals surface area contributed by atoms with Crippen LogP contribution in [0, 0.1) is 6.92 Å². The number of carbonyl (C=O) groups excluding carboxylic acids is 1. The first-order valence-electron chi connectivity index (χ1n) is 8.60. The van der Waals surface area contributed by atoms with Crippen molar-refractivity contribution in [2.45, 2.75) is 26.7 Å². The zero-order chi connectivity index (χ0) is 18.7. The molecule has 0 radical (unpaired) electrons. The predicted molar refractivity (Wildman–Crippen MR) is 103 cm³/mol. The fourth-order valence-corrected chi connectivity index (χ4v) is 2.88. The second kappa shape index (κ2) is 7.44. The van der Waals surface area contributed by atoms with Gasteiger partial charge in [-0.25, -0.2) is 4.68 Å². The lowest BCUT2D eigenvalue weighted by Gasteiger charge is -2.13. The fraction of sp³-hybridized carbons (Fsp3) is 0.238. The molecule has 5 heteroatoms. The van der Waals surface area contributed by atoms with Gasteiger partial charge in [-0.1, -0.05) is 37.6 Å². The van der Waals surface area contributed by atoms with E-state index >= 15 is 0 Å². The summed E-state index contributed by atoms with van der Waals surface area (Å²) in [6.07, 6.45) is 1.63. The number of nitrogens with zero attached hydrogens (tertiary/aromatic N) is 2. The van der Waals surface area contributed by atoms with Gasteiger partial charge in [0.15, 0.2) is 0 Å². The molecule has 0 saturated carbocycles. The molecule has 1 amide bonds. The molecule has 0 unspecified atom stereocenters. The van der Waals surface area contributed by atoms with Gasteiger partial charge in [0.05, 0.1) is 30.3 Å². The minimum absolute atomic E-state index is 0.143. The first-order chi connectivity index (χ1) is 12.5. The van der Waals surface area contributed by atoms with E-state index in [1.165, 1.54) is 5.56 Å². The molecule has 5 nitrogen and oxygen atoms in total. The number of aryl methyl sites for hydroxylation is 1. The van der Waals surface area contributed by atoms with Crippen LogP contribution < -0.4 is 10.1 Å². The van der Waals surface area contributed by atoms with Gasteiger partial charge in [0.1, 0.15) is 5.75 Å². The van der Waals surface area contributed by atoms with Crippen molar-refractivity contribution in [3.8, 4) is 11.4 Å². The normalized spacial score (nSPS) is 10.8. The van der Waals surface area contributed by atoms with E-state index in [4.69, 9.17) is 4.74 Å². The van der Waals surface area contributed by atoms with Crippen molar-refractivity contribution in [2.24, 2.45) is 0 Å². The molecule has 134 valence electrons. The third-order valence-electron chi connectivity index (χ3n) is 4.20. The summed E-state index contributed by atoms with van der Waals surface area (Å²) in [6, 6.07) is 15.4. The molecule has 3 aromatic rings. The zero-order valence-corrected chi connectivity index (χ0v) is 15.5. The number of anilines is 1. The lowest BCUT2D eigenvalue weighted by atomic mass is 10.0. The standard InChI is InChI=1S/C21H23N3O2/c1-14(2)20-19(13-22-24(20)17-10-8-15(3)9-11-17)21(25)23-16-6-5-7-18(12-16)26-4/h5-14H,1-4H3,(H,23,25). The number of rotatable bonds is 5. The Kier molecular flexibility index (Phi) is 5.07. The van der Waals surface area contributed by atoms with Crippen LogP contribution in [0.25, 0.3) is 5.69 Å². The third-order valence-corrected chi connectivity index (χ3v) is 4.20. The molecular formula is C21H23N3O2. The van der Waals surface area contributed by atoms with Crippen LogP contribution >= 0.6 is 0 Å². The van der Waals surface area contributed by atoms with Crippen molar-refractivity contribution in [3.63, 3.8) is 0 Å². The smallest absolute Gasteiger partial charge is 0.259 e. The van der Waals surface area contributed by atoms with E-state index in [1.807, 2.05) is 54.1 Å². The number of hydrogen-bond donors (Lipinski definition) is 1.